The van der Waals surface area contributed by atoms with E-state index in [1.807, 2.05) is 24.3 Å². The highest BCUT2D eigenvalue weighted by Gasteiger charge is 2.16. The van der Waals surface area contributed by atoms with Crippen molar-refractivity contribution in [2.24, 2.45) is 0 Å². The molecular weight excluding hydrogens is 314 g/mol. The van der Waals surface area contributed by atoms with Gasteiger partial charge in [-0.2, -0.15) is 0 Å². The largest absolute Gasteiger partial charge is 0.496 e. The molecule has 5 heteroatoms. The van der Waals surface area contributed by atoms with E-state index in [1.165, 1.54) is 7.11 Å². The third-order valence-corrected chi connectivity index (χ3v) is 3.75. The molecule has 2 aromatic rings. The van der Waals surface area contributed by atoms with Crippen LogP contribution in [-0.2, 0) is 12.1 Å². The maximum Gasteiger partial charge on any atom is 0.255 e. The van der Waals surface area contributed by atoms with Crippen LogP contribution in [0.2, 0.25) is 5.02 Å². The first-order valence-electron chi connectivity index (χ1n) is 7.25. The van der Waals surface area contributed by atoms with Crippen LogP contribution >= 0.6 is 11.6 Å². The van der Waals surface area contributed by atoms with Crippen LogP contribution < -0.4 is 10.1 Å². The van der Waals surface area contributed by atoms with E-state index in [9.17, 15) is 9.90 Å². The van der Waals surface area contributed by atoms with E-state index >= 15 is 0 Å². The molecule has 0 spiro atoms. The van der Waals surface area contributed by atoms with Crippen LogP contribution in [0.15, 0.2) is 42.5 Å². The lowest BCUT2D eigenvalue weighted by molar-refractivity contribution is 0.0785. The summed E-state index contributed by atoms with van der Waals surface area (Å²) in [5, 5.41) is 13.2. The zero-order valence-corrected chi connectivity index (χ0v) is 14.1. The maximum absolute atomic E-state index is 12.3. The lowest BCUT2D eigenvalue weighted by Gasteiger charge is -2.18. The zero-order chi connectivity index (χ0) is 17.0. The van der Waals surface area contributed by atoms with Crippen molar-refractivity contribution in [1.82, 2.24) is 5.32 Å². The number of methoxy groups -OCH3 is 1. The second kappa shape index (κ2) is 7.02. The van der Waals surface area contributed by atoms with Gasteiger partial charge in [-0.1, -0.05) is 35.9 Å². The molecule has 0 unspecified atom stereocenters. The molecule has 4 nitrogen and oxygen atoms in total. The van der Waals surface area contributed by atoms with Gasteiger partial charge in [-0.25, -0.2) is 0 Å². The van der Waals surface area contributed by atoms with E-state index in [4.69, 9.17) is 16.3 Å². The Morgan fingerprint density at radius 3 is 2.43 bits per heavy atom. The number of amides is 1. The number of benzene rings is 2. The molecule has 122 valence electrons. The van der Waals surface area contributed by atoms with Gasteiger partial charge in [-0.15, -0.1) is 0 Å². The summed E-state index contributed by atoms with van der Waals surface area (Å²) in [6.45, 7) is 3.84. The summed E-state index contributed by atoms with van der Waals surface area (Å²) >= 11 is 5.94. The van der Waals surface area contributed by atoms with Crippen molar-refractivity contribution in [2.75, 3.05) is 7.11 Å². The van der Waals surface area contributed by atoms with Gasteiger partial charge in [0.1, 0.15) is 5.75 Å². The highest BCUT2D eigenvalue weighted by molar-refractivity contribution is 6.31. The average molecular weight is 334 g/mol. The minimum absolute atomic E-state index is 0.254. The van der Waals surface area contributed by atoms with E-state index in [-0.39, 0.29) is 5.91 Å². The van der Waals surface area contributed by atoms with Gasteiger partial charge >= 0.3 is 0 Å². The fourth-order valence-corrected chi connectivity index (χ4v) is 2.34. The first-order chi connectivity index (χ1) is 10.8. The minimum atomic E-state index is -0.879. The molecule has 2 N–H and O–H groups in total. The lowest BCUT2D eigenvalue weighted by Crippen LogP contribution is -2.23. The summed E-state index contributed by atoms with van der Waals surface area (Å²) in [7, 11) is 1.51. The van der Waals surface area contributed by atoms with Crippen molar-refractivity contribution in [1.29, 1.82) is 0 Å². The van der Waals surface area contributed by atoms with Crippen molar-refractivity contribution in [3.63, 3.8) is 0 Å². The Bertz CT molecular complexity index is 690. The number of carbonyl (C=O) groups excluding carboxylic acids is 1. The van der Waals surface area contributed by atoms with Crippen LogP contribution in [-0.4, -0.2) is 18.1 Å². The Hall–Kier alpha value is -2.04. The summed E-state index contributed by atoms with van der Waals surface area (Å²) in [4.78, 5) is 12.3. The normalized spacial score (nSPS) is 11.2. The fraction of sp³-hybridized carbons (Fsp3) is 0.278. The zero-order valence-electron chi connectivity index (χ0n) is 13.4. The number of hydrogen-bond donors (Lipinski definition) is 2. The summed E-state index contributed by atoms with van der Waals surface area (Å²) in [6, 6.07) is 12.4. The molecule has 0 aromatic heterocycles. The van der Waals surface area contributed by atoms with Gasteiger partial charge in [0.25, 0.3) is 5.91 Å². The van der Waals surface area contributed by atoms with E-state index in [1.54, 1.807) is 32.0 Å². The molecule has 0 aliphatic carbocycles. The molecule has 0 saturated carbocycles. The number of hydrogen-bond acceptors (Lipinski definition) is 3. The van der Waals surface area contributed by atoms with E-state index < -0.39 is 5.60 Å². The van der Waals surface area contributed by atoms with Gasteiger partial charge in [-0.3, -0.25) is 4.79 Å². The lowest BCUT2D eigenvalue weighted by atomic mass is 9.97. The molecule has 2 rings (SSSR count). The maximum atomic E-state index is 12.3. The van der Waals surface area contributed by atoms with Crippen LogP contribution in [0.5, 0.6) is 5.75 Å². The van der Waals surface area contributed by atoms with Crippen molar-refractivity contribution in [3.05, 3.63) is 64.2 Å². The summed E-state index contributed by atoms with van der Waals surface area (Å²) in [5.74, 6) is 0.222. The van der Waals surface area contributed by atoms with Crippen LogP contribution in [0, 0.1) is 0 Å². The highest BCUT2D eigenvalue weighted by atomic mass is 35.5. The Morgan fingerprint density at radius 1 is 1.22 bits per heavy atom. The average Bonchev–Trinajstić information content (AvgIpc) is 2.52. The molecular formula is C18H20ClNO3. The second-order valence-corrected chi connectivity index (χ2v) is 6.22. The molecule has 0 atom stereocenters. The molecule has 2 aromatic carbocycles. The molecule has 0 bridgehead atoms. The number of halogens is 1. The van der Waals surface area contributed by atoms with E-state index in [0.717, 1.165) is 11.1 Å². The standard InChI is InChI=1S/C18H20ClNO3/c1-18(2,22)13-6-4-12(5-7-13)11-20-17(21)15-10-14(19)8-9-16(15)23-3/h4-10,22H,11H2,1-3H3,(H,20,21). The van der Waals surface area contributed by atoms with E-state index in [0.29, 0.717) is 22.9 Å². The molecule has 0 saturated heterocycles. The SMILES string of the molecule is COc1ccc(Cl)cc1C(=O)NCc1ccc(C(C)(C)O)cc1. The summed E-state index contributed by atoms with van der Waals surface area (Å²) < 4.78 is 5.18. The molecule has 0 heterocycles. The van der Waals surface area contributed by atoms with Gasteiger partial charge in [0.2, 0.25) is 0 Å². The number of ether oxygens (including phenoxy) is 1. The highest BCUT2D eigenvalue weighted by Crippen LogP contribution is 2.23. The molecule has 0 aliphatic rings. The van der Waals surface area contributed by atoms with Gasteiger partial charge in [-0.05, 0) is 43.2 Å². The number of carbonyl (C=O) groups is 1. The van der Waals surface area contributed by atoms with Crippen LogP contribution in [0.1, 0.15) is 35.3 Å². The molecule has 1 amide bonds. The van der Waals surface area contributed by atoms with Crippen LogP contribution in [0.3, 0.4) is 0 Å². The third-order valence-electron chi connectivity index (χ3n) is 3.52. The molecule has 0 radical (unpaired) electrons. The van der Waals surface area contributed by atoms with Crippen LogP contribution in [0.4, 0.5) is 0 Å². The fourth-order valence-electron chi connectivity index (χ4n) is 2.17. The molecule has 0 aliphatic heterocycles. The Kier molecular flexibility index (Phi) is 5.29. The van der Waals surface area contributed by atoms with Gasteiger partial charge < -0.3 is 15.2 Å². The molecule has 23 heavy (non-hydrogen) atoms. The summed E-state index contributed by atoms with van der Waals surface area (Å²) in [6.07, 6.45) is 0. The smallest absolute Gasteiger partial charge is 0.255 e. The third kappa shape index (κ3) is 4.47. The quantitative estimate of drug-likeness (QED) is 0.880. The topological polar surface area (TPSA) is 58.6 Å². The van der Waals surface area contributed by atoms with Gasteiger partial charge in [0.05, 0.1) is 18.3 Å². The number of aliphatic hydroxyl groups is 1. The van der Waals surface area contributed by atoms with Crippen molar-refractivity contribution in [3.8, 4) is 5.75 Å². The first kappa shape index (κ1) is 17.3. The second-order valence-electron chi connectivity index (χ2n) is 5.78. The predicted molar refractivity (Wildman–Crippen MR) is 90.9 cm³/mol. The summed E-state index contributed by atoms with van der Waals surface area (Å²) in [5.41, 5.74) is 1.28. The van der Waals surface area contributed by atoms with E-state index in [2.05, 4.69) is 5.32 Å². The monoisotopic (exact) mass is 333 g/mol. The first-order valence-corrected chi connectivity index (χ1v) is 7.62. The minimum Gasteiger partial charge on any atom is -0.496 e. The van der Waals surface area contributed by atoms with Crippen molar-refractivity contribution >= 4 is 17.5 Å². The Morgan fingerprint density at radius 2 is 1.87 bits per heavy atom. The number of nitrogens with one attached hydrogen (secondary N) is 1. The Balaban J connectivity index is 2.06. The van der Waals surface area contributed by atoms with Crippen LogP contribution in [0.25, 0.3) is 0 Å². The van der Waals surface area contributed by atoms with Crippen molar-refractivity contribution < 1.29 is 14.6 Å². The van der Waals surface area contributed by atoms with Gasteiger partial charge in [0.15, 0.2) is 0 Å². The number of rotatable bonds is 5. The van der Waals surface area contributed by atoms with Crippen molar-refractivity contribution in [2.45, 2.75) is 26.0 Å². The Labute approximate surface area is 141 Å². The predicted octanol–water partition coefficient (Wildman–Crippen LogP) is 3.51. The molecule has 0 fully saturated rings. The van der Waals surface area contributed by atoms with Gasteiger partial charge in [0, 0.05) is 11.6 Å².